The molecule has 0 saturated heterocycles. The molecule has 5 aromatic rings. The standard InChI is InChI=1S/C24H21ClF2N8O3/c1-11-6-13(12(2)30-15-4-5-16(25)31-18(15)21-29-9-33(3)32-21)20-14(7-11)23(36)34(8-17(26)27)22-19(24(37)38)28-10-35(20)22/h4-7,9-10,12,17,30H,8H2,1-3H3,(H,37,38). The van der Waals surface area contributed by atoms with Crippen LogP contribution in [0.5, 0.6) is 0 Å². The molecule has 0 aliphatic heterocycles. The molecule has 0 bridgehead atoms. The molecule has 1 aromatic carbocycles. The summed E-state index contributed by atoms with van der Waals surface area (Å²) in [7, 11) is 1.72. The number of aromatic nitrogens is 7. The second-order valence-electron chi connectivity index (χ2n) is 8.79. The lowest BCUT2D eigenvalue weighted by Gasteiger charge is -2.21. The molecule has 0 saturated carbocycles. The van der Waals surface area contributed by atoms with Crippen LogP contribution in [0.15, 0.2) is 41.7 Å². The molecule has 0 aliphatic rings. The highest BCUT2D eigenvalue weighted by Crippen LogP contribution is 2.32. The number of imidazole rings is 1. The highest BCUT2D eigenvalue weighted by molar-refractivity contribution is 6.29. The van der Waals surface area contributed by atoms with Crippen molar-refractivity contribution in [3.8, 4) is 11.5 Å². The molecule has 14 heteroatoms. The Morgan fingerprint density at radius 3 is 2.63 bits per heavy atom. The first-order chi connectivity index (χ1) is 18.0. The Bertz CT molecular complexity index is 1780. The van der Waals surface area contributed by atoms with E-state index in [1.165, 1.54) is 21.7 Å². The summed E-state index contributed by atoms with van der Waals surface area (Å²) in [6.45, 7) is 2.64. The third-order valence-electron chi connectivity index (χ3n) is 6.03. The predicted octanol–water partition coefficient (Wildman–Crippen LogP) is 3.94. The number of benzene rings is 1. The van der Waals surface area contributed by atoms with Crippen LogP contribution in [-0.4, -0.2) is 51.2 Å². The average Bonchev–Trinajstić information content (AvgIpc) is 3.49. The van der Waals surface area contributed by atoms with E-state index in [0.29, 0.717) is 33.8 Å². The summed E-state index contributed by atoms with van der Waals surface area (Å²) in [4.78, 5) is 37.8. The van der Waals surface area contributed by atoms with Crippen LogP contribution in [0.3, 0.4) is 0 Å². The van der Waals surface area contributed by atoms with E-state index in [9.17, 15) is 23.5 Å². The monoisotopic (exact) mass is 542 g/mol. The minimum atomic E-state index is -2.88. The first-order valence-corrected chi connectivity index (χ1v) is 11.8. The lowest BCUT2D eigenvalue weighted by Crippen LogP contribution is -2.27. The van der Waals surface area contributed by atoms with Gasteiger partial charge < -0.3 is 10.4 Å². The highest BCUT2D eigenvalue weighted by Gasteiger charge is 2.25. The first kappa shape index (κ1) is 25.3. The number of nitrogens with one attached hydrogen (secondary N) is 1. The minimum absolute atomic E-state index is 0.150. The van der Waals surface area contributed by atoms with Crippen molar-refractivity contribution in [2.24, 2.45) is 7.05 Å². The molecule has 2 N–H and O–H groups in total. The van der Waals surface area contributed by atoms with Crippen LogP contribution in [0, 0.1) is 6.92 Å². The topological polar surface area (TPSA) is 132 Å². The van der Waals surface area contributed by atoms with Crippen molar-refractivity contribution < 1.29 is 18.7 Å². The number of carbonyl (C=O) groups is 1. The summed E-state index contributed by atoms with van der Waals surface area (Å²) >= 11 is 6.14. The average molecular weight is 543 g/mol. The second-order valence-corrected chi connectivity index (χ2v) is 9.17. The molecule has 0 spiro atoms. The highest BCUT2D eigenvalue weighted by atomic mass is 35.5. The van der Waals surface area contributed by atoms with Gasteiger partial charge in [-0.3, -0.25) is 18.4 Å². The van der Waals surface area contributed by atoms with Gasteiger partial charge in [0.25, 0.3) is 12.0 Å². The summed E-state index contributed by atoms with van der Waals surface area (Å²) in [5, 5.41) is 17.7. The van der Waals surface area contributed by atoms with E-state index in [2.05, 4.69) is 25.4 Å². The van der Waals surface area contributed by atoms with Crippen LogP contribution < -0.4 is 10.9 Å². The van der Waals surface area contributed by atoms with Gasteiger partial charge in [-0.25, -0.2) is 28.5 Å². The fourth-order valence-corrected chi connectivity index (χ4v) is 4.66. The molecule has 196 valence electrons. The van der Waals surface area contributed by atoms with Crippen LogP contribution in [-0.2, 0) is 13.6 Å². The van der Waals surface area contributed by atoms with Crippen molar-refractivity contribution in [1.82, 2.24) is 33.7 Å². The van der Waals surface area contributed by atoms with Crippen LogP contribution in [0.4, 0.5) is 14.5 Å². The van der Waals surface area contributed by atoms with E-state index >= 15 is 0 Å². The molecule has 0 fully saturated rings. The number of rotatable bonds is 7. The van der Waals surface area contributed by atoms with Gasteiger partial charge >= 0.3 is 5.97 Å². The summed E-state index contributed by atoms with van der Waals surface area (Å²) < 4.78 is 30.5. The fraction of sp³-hybridized carbons (Fsp3) is 0.250. The molecular formula is C24H21ClF2N8O3. The van der Waals surface area contributed by atoms with E-state index in [1.54, 1.807) is 32.2 Å². The van der Waals surface area contributed by atoms with Gasteiger partial charge in [-0.05, 0) is 43.2 Å². The Morgan fingerprint density at radius 2 is 1.97 bits per heavy atom. The van der Waals surface area contributed by atoms with Crippen molar-refractivity contribution in [1.29, 1.82) is 0 Å². The molecule has 4 aromatic heterocycles. The number of fused-ring (bicyclic) bond motifs is 3. The zero-order valence-corrected chi connectivity index (χ0v) is 21.1. The van der Waals surface area contributed by atoms with Gasteiger partial charge in [0, 0.05) is 7.05 Å². The third kappa shape index (κ3) is 4.34. The van der Waals surface area contributed by atoms with E-state index in [1.807, 2.05) is 13.0 Å². The Kier molecular flexibility index (Phi) is 6.31. The van der Waals surface area contributed by atoms with E-state index in [4.69, 9.17) is 11.6 Å². The van der Waals surface area contributed by atoms with Crippen LogP contribution >= 0.6 is 11.6 Å². The largest absolute Gasteiger partial charge is 0.476 e. The second kappa shape index (κ2) is 9.49. The number of anilines is 1. The van der Waals surface area contributed by atoms with Crippen LogP contribution in [0.2, 0.25) is 5.15 Å². The zero-order valence-electron chi connectivity index (χ0n) is 20.4. The number of carboxylic acids is 1. The van der Waals surface area contributed by atoms with Gasteiger partial charge in [0.2, 0.25) is 5.82 Å². The van der Waals surface area contributed by atoms with Crippen molar-refractivity contribution in [2.75, 3.05) is 5.32 Å². The number of carboxylic acid groups (broad SMARTS) is 1. The molecule has 5 rings (SSSR count). The summed E-state index contributed by atoms with van der Waals surface area (Å²) in [5.74, 6) is -1.09. The Balaban J connectivity index is 1.73. The maximum Gasteiger partial charge on any atom is 0.358 e. The number of hydrogen-bond acceptors (Lipinski definition) is 7. The van der Waals surface area contributed by atoms with Crippen molar-refractivity contribution in [3.05, 3.63) is 69.2 Å². The lowest BCUT2D eigenvalue weighted by molar-refractivity contribution is 0.0691. The number of alkyl halides is 2. The molecule has 11 nitrogen and oxygen atoms in total. The van der Waals surface area contributed by atoms with Crippen LogP contribution in [0.1, 0.15) is 34.6 Å². The number of aryl methyl sites for hydroxylation is 2. The lowest BCUT2D eigenvalue weighted by atomic mass is 10.0. The molecule has 4 heterocycles. The first-order valence-electron chi connectivity index (χ1n) is 11.4. The summed E-state index contributed by atoms with van der Waals surface area (Å²) in [6, 6.07) is 6.27. The quantitative estimate of drug-likeness (QED) is 0.296. The van der Waals surface area contributed by atoms with Crippen molar-refractivity contribution >= 4 is 39.8 Å². The molecule has 0 amide bonds. The molecule has 1 unspecified atom stereocenters. The van der Waals surface area contributed by atoms with Gasteiger partial charge in [0.05, 0.1) is 29.2 Å². The summed E-state index contributed by atoms with van der Waals surface area (Å²) in [6.07, 6.45) is -0.132. The Hall–Kier alpha value is -4.39. The molecule has 0 radical (unpaired) electrons. The van der Waals surface area contributed by atoms with Gasteiger partial charge in [0.15, 0.2) is 11.3 Å². The van der Waals surface area contributed by atoms with Crippen molar-refractivity contribution in [3.63, 3.8) is 0 Å². The third-order valence-corrected chi connectivity index (χ3v) is 6.24. The number of pyridine rings is 1. The van der Waals surface area contributed by atoms with E-state index in [0.717, 1.165) is 4.57 Å². The summed E-state index contributed by atoms with van der Waals surface area (Å²) in [5.41, 5.74) is 1.17. The molecule has 0 aliphatic carbocycles. The van der Waals surface area contributed by atoms with E-state index < -0.39 is 36.2 Å². The van der Waals surface area contributed by atoms with Gasteiger partial charge in [-0.1, -0.05) is 17.7 Å². The number of nitrogens with zero attached hydrogens (tertiary/aromatic N) is 7. The van der Waals surface area contributed by atoms with Crippen LogP contribution in [0.25, 0.3) is 28.1 Å². The van der Waals surface area contributed by atoms with E-state index in [-0.39, 0.29) is 16.2 Å². The molecule has 1 atom stereocenters. The molecular weight excluding hydrogens is 522 g/mol. The number of aromatic carboxylic acids is 1. The minimum Gasteiger partial charge on any atom is -0.476 e. The van der Waals surface area contributed by atoms with Gasteiger partial charge in [-0.2, -0.15) is 0 Å². The Labute approximate surface area is 218 Å². The Morgan fingerprint density at radius 1 is 1.21 bits per heavy atom. The smallest absolute Gasteiger partial charge is 0.358 e. The SMILES string of the molecule is Cc1cc(C(C)Nc2ccc(Cl)nc2-c2ncn(C)n2)c2c(c1)c(=O)n(CC(F)F)c1c(C(=O)O)ncn21. The van der Waals surface area contributed by atoms with Gasteiger partial charge in [0.1, 0.15) is 23.5 Å². The fourth-order valence-electron chi connectivity index (χ4n) is 4.51. The zero-order chi connectivity index (χ0) is 27.3. The predicted molar refractivity (Wildman–Crippen MR) is 136 cm³/mol. The van der Waals surface area contributed by atoms with Crippen molar-refractivity contribution in [2.45, 2.75) is 32.9 Å². The molecule has 38 heavy (non-hydrogen) atoms. The number of hydrogen-bond donors (Lipinski definition) is 2. The normalized spacial score (nSPS) is 12.5. The maximum atomic E-state index is 13.4. The number of halogens is 3. The maximum absolute atomic E-state index is 13.4. The van der Waals surface area contributed by atoms with Gasteiger partial charge in [-0.15, -0.1) is 5.10 Å².